The SMILES string of the molecule is CCc1cc(N2CCN(C3CCN(C)CC3)CC2)ccc1Nc1ncc(C(F)(F)F)c(NCCCN2CCNC2=O)n1. The number of hydrogen-bond acceptors (Lipinski definition) is 8. The van der Waals surface area contributed by atoms with E-state index in [4.69, 9.17) is 0 Å². The van der Waals surface area contributed by atoms with Gasteiger partial charge in [-0.25, -0.2) is 9.78 Å². The van der Waals surface area contributed by atoms with Crippen LogP contribution in [0.5, 0.6) is 0 Å². The van der Waals surface area contributed by atoms with Crippen molar-refractivity contribution in [2.24, 2.45) is 0 Å². The zero-order chi connectivity index (χ0) is 29.7. The van der Waals surface area contributed by atoms with Crippen molar-refractivity contribution >= 4 is 29.2 Å². The highest BCUT2D eigenvalue weighted by atomic mass is 19.4. The fraction of sp³-hybridized carbons (Fsp3) is 0.621. The lowest BCUT2D eigenvalue weighted by molar-refractivity contribution is -0.137. The van der Waals surface area contributed by atoms with Crippen molar-refractivity contribution in [1.29, 1.82) is 0 Å². The molecule has 13 heteroatoms. The van der Waals surface area contributed by atoms with Crippen LogP contribution in [0.25, 0.3) is 0 Å². The molecule has 10 nitrogen and oxygen atoms in total. The Morgan fingerprint density at radius 2 is 1.83 bits per heavy atom. The number of carbonyl (C=O) groups excluding carboxylic acids is 1. The molecular formula is C29H42F3N9O. The lowest BCUT2D eigenvalue weighted by Crippen LogP contribution is -2.53. The van der Waals surface area contributed by atoms with Gasteiger partial charge in [0.2, 0.25) is 5.95 Å². The van der Waals surface area contributed by atoms with Crippen LogP contribution in [0.4, 0.5) is 41.1 Å². The van der Waals surface area contributed by atoms with Gasteiger partial charge in [-0.15, -0.1) is 0 Å². The van der Waals surface area contributed by atoms with E-state index >= 15 is 0 Å². The van der Waals surface area contributed by atoms with Crippen LogP contribution in [0.1, 0.15) is 37.3 Å². The van der Waals surface area contributed by atoms with Crippen molar-refractivity contribution < 1.29 is 18.0 Å². The van der Waals surface area contributed by atoms with E-state index in [2.05, 4.69) is 66.7 Å². The number of carbonyl (C=O) groups is 1. The van der Waals surface area contributed by atoms with Crippen LogP contribution < -0.4 is 20.9 Å². The third kappa shape index (κ3) is 7.35. The van der Waals surface area contributed by atoms with E-state index in [-0.39, 0.29) is 24.3 Å². The number of benzene rings is 1. The predicted octanol–water partition coefficient (Wildman–Crippen LogP) is 3.84. The number of aryl methyl sites for hydroxylation is 1. The molecule has 0 aliphatic carbocycles. The lowest BCUT2D eigenvalue weighted by Gasteiger charge is -2.43. The van der Waals surface area contributed by atoms with Crippen molar-refractivity contribution in [3.63, 3.8) is 0 Å². The molecule has 0 saturated carbocycles. The van der Waals surface area contributed by atoms with Gasteiger partial charge in [-0.3, -0.25) is 4.90 Å². The molecule has 3 aliphatic rings. The second kappa shape index (κ2) is 13.3. The van der Waals surface area contributed by atoms with Crippen LogP contribution in [-0.4, -0.2) is 109 Å². The molecule has 0 unspecified atom stereocenters. The summed E-state index contributed by atoms with van der Waals surface area (Å²) < 4.78 is 41.1. The Morgan fingerprint density at radius 1 is 1.07 bits per heavy atom. The third-order valence-electron chi connectivity index (χ3n) is 8.54. The monoisotopic (exact) mass is 589 g/mol. The quantitative estimate of drug-likeness (QED) is 0.360. The van der Waals surface area contributed by atoms with Gasteiger partial charge < -0.3 is 30.7 Å². The zero-order valence-electron chi connectivity index (χ0n) is 24.5. The standard InChI is InChI=1S/C29H42F3N9O/c1-3-21-19-23(40-17-15-39(16-18-40)22-7-12-38(2)13-8-22)5-6-25(21)36-27-35-20-24(29(30,31)32)26(37-27)33-9-4-11-41-14-10-34-28(41)42/h5-6,19-20,22H,3-4,7-18H2,1-2H3,(H,34,42)(H2,33,35,36,37). The zero-order valence-corrected chi connectivity index (χ0v) is 24.5. The van der Waals surface area contributed by atoms with Crippen molar-refractivity contribution in [2.45, 2.75) is 44.8 Å². The number of piperazine rings is 1. The van der Waals surface area contributed by atoms with Crippen LogP contribution in [0.2, 0.25) is 0 Å². The summed E-state index contributed by atoms with van der Waals surface area (Å²) in [6.45, 7) is 10.3. The van der Waals surface area contributed by atoms with E-state index in [1.165, 1.54) is 12.8 Å². The number of piperidine rings is 1. The highest BCUT2D eigenvalue weighted by molar-refractivity contribution is 5.76. The second-order valence-corrected chi connectivity index (χ2v) is 11.3. The number of rotatable bonds is 10. The molecule has 3 N–H and O–H groups in total. The molecule has 3 fully saturated rings. The summed E-state index contributed by atoms with van der Waals surface area (Å²) in [5.74, 6) is -0.179. The summed E-state index contributed by atoms with van der Waals surface area (Å²) in [7, 11) is 2.19. The number of likely N-dealkylation sites (tertiary alicyclic amines) is 1. The first-order valence-corrected chi connectivity index (χ1v) is 15.0. The van der Waals surface area contributed by atoms with E-state index in [9.17, 15) is 18.0 Å². The summed E-state index contributed by atoms with van der Waals surface area (Å²) in [6, 6.07) is 6.71. The lowest BCUT2D eigenvalue weighted by atomic mass is 10.0. The van der Waals surface area contributed by atoms with Crippen molar-refractivity contribution in [3.8, 4) is 0 Å². The van der Waals surface area contributed by atoms with Gasteiger partial charge in [0.05, 0.1) is 0 Å². The van der Waals surface area contributed by atoms with E-state index < -0.39 is 11.7 Å². The first-order valence-electron chi connectivity index (χ1n) is 15.0. The van der Waals surface area contributed by atoms with E-state index in [1.54, 1.807) is 4.90 Å². The topological polar surface area (TPSA) is 91.9 Å². The average Bonchev–Trinajstić information content (AvgIpc) is 3.40. The highest BCUT2D eigenvalue weighted by Gasteiger charge is 2.35. The molecule has 0 atom stereocenters. The van der Waals surface area contributed by atoms with Gasteiger partial charge in [0.15, 0.2) is 0 Å². The van der Waals surface area contributed by atoms with Crippen LogP contribution in [-0.2, 0) is 12.6 Å². The van der Waals surface area contributed by atoms with Gasteiger partial charge in [0.25, 0.3) is 0 Å². The van der Waals surface area contributed by atoms with E-state index in [0.29, 0.717) is 32.1 Å². The number of amides is 2. The number of aromatic nitrogens is 2. The molecule has 0 bridgehead atoms. The summed E-state index contributed by atoms with van der Waals surface area (Å²) in [4.78, 5) is 29.0. The molecule has 42 heavy (non-hydrogen) atoms. The number of nitrogens with one attached hydrogen (secondary N) is 3. The first kappa shape index (κ1) is 30.1. The molecule has 4 heterocycles. The van der Waals surface area contributed by atoms with E-state index in [1.807, 2.05) is 6.07 Å². The van der Waals surface area contributed by atoms with Crippen LogP contribution in [0.15, 0.2) is 24.4 Å². The average molecular weight is 590 g/mol. The Labute approximate surface area is 245 Å². The fourth-order valence-corrected chi connectivity index (χ4v) is 6.00. The first-order chi connectivity index (χ1) is 20.2. The van der Waals surface area contributed by atoms with Gasteiger partial charge in [-0.05, 0) is 69.6 Å². The smallest absolute Gasteiger partial charge is 0.369 e. The van der Waals surface area contributed by atoms with Crippen molar-refractivity contribution in [2.75, 3.05) is 88.0 Å². The molecule has 2 amide bonds. The molecule has 5 rings (SSSR count). The summed E-state index contributed by atoms with van der Waals surface area (Å²) >= 11 is 0. The van der Waals surface area contributed by atoms with Crippen LogP contribution in [0, 0.1) is 0 Å². The molecule has 2 aromatic rings. The summed E-state index contributed by atoms with van der Waals surface area (Å²) in [5.41, 5.74) is 2.06. The predicted molar refractivity (Wildman–Crippen MR) is 159 cm³/mol. The summed E-state index contributed by atoms with van der Waals surface area (Å²) in [6.07, 6.45) is -0.0692. The third-order valence-corrected chi connectivity index (χ3v) is 8.54. The van der Waals surface area contributed by atoms with Gasteiger partial charge in [0.1, 0.15) is 11.4 Å². The van der Waals surface area contributed by atoms with Gasteiger partial charge in [-0.2, -0.15) is 18.2 Å². The molecule has 0 radical (unpaired) electrons. The molecule has 230 valence electrons. The van der Waals surface area contributed by atoms with Gasteiger partial charge in [0, 0.05) is 76.0 Å². The Kier molecular flexibility index (Phi) is 9.57. The number of urea groups is 1. The molecule has 3 saturated heterocycles. The number of nitrogens with zero attached hydrogens (tertiary/aromatic N) is 6. The van der Waals surface area contributed by atoms with Crippen molar-refractivity contribution in [1.82, 2.24) is 30.0 Å². The second-order valence-electron chi connectivity index (χ2n) is 11.3. The van der Waals surface area contributed by atoms with Gasteiger partial charge in [-0.1, -0.05) is 6.92 Å². The maximum atomic E-state index is 13.7. The molecule has 1 aromatic heterocycles. The van der Waals surface area contributed by atoms with Gasteiger partial charge >= 0.3 is 12.2 Å². The minimum atomic E-state index is -4.59. The molecule has 1 aromatic carbocycles. The van der Waals surface area contributed by atoms with E-state index in [0.717, 1.165) is 68.8 Å². The molecule has 0 spiro atoms. The Balaban J connectivity index is 1.21. The Bertz CT molecular complexity index is 1210. The normalized spacial score (nSPS) is 19.3. The number of alkyl halides is 3. The Hall–Kier alpha value is -3.32. The number of hydrogen-bond donors (Lipinski definition) is 3. The molecular weight excluding hydrogens is 547 g/mol. The fourth-order valence-electron chi connectivity index (χ4n) is 6.00. The Morgan fingerprint density at radius 3 is 2.50 bits per heavy atom. The summed E-state index contributed by atoms with van der Waals surface area (Å²) in [5, 5.41) is 8.68. The maximum absolute atomic E-state index is 13.7. The highest BCUT2D eigenvalue weighted by Crippen LogP contribution is 2.34. The van der Waals surface area contributed by atoms with Crippen LogP contribution in [0.3, 0.4) is 0 Å². The number of halogens is 3. The van der Waals surface area contributed by atoms with Crippen molar-refractivity contribution in [3.05, 3.63) is 35.5 Å². The number of anilines is 4. The largest absolute Gasteiger partial charge is 0.421 e. The minimum absolute atomic E-state index is 0.0959. The van der Waals surface area contributed by atoms with Crippen LogP contribution >= 0.6 is 0 Å². The minimum Gasteiger partial charge on any atom is -0.369 e. The molecule has 3 aliphatic heterocycles. The maximum Gasteiger partial charge on any atom is 0.421 e.